The maximum atomic E-state index is 10.7. The minimum absolute atomic E-state index is 0.0157. The highest BCUT2D eigenvalue weighted by atomic mass is 32.2. The van der Waals surface area contributed by atoms with E-state index in [2.05, 4.69) is 16.0 Å². The lowest BCUT2D eigenvalue weighted by atomic mass is 10.3. The first kappa shape index (κ1) is 14.5. The Kier molecular flexibility index (Phi) is 4.04. The number of non-ortho nitro benzene ring substituents is 1. The van der Waals surface area contributed by atoms with Crippen LogP contribution in [0.1, 0.15) is 10.7 Å². The molecule has 0 atom stereocenters. The van der Waals surface area contributed by atoms with E-state index in [9.17, 15) is 10.1 Å². The molecule has 2 aromatic heterocycles. The van der Waals surface area contributed by atoms with Crippen molar-refractivity contribution in [3.8, 4) is 6.07 Å². The number of nitriles is 1. The maximum Gasteiger partial charge on any atom is 0.271 e. The number of thiazole rings is 1. The monoisotopic (exact) mass is 332 g/mol. The maximum absolute atomic E-state index is 10.7. The van der Waals surface area contributed by atoms with E-state index in [4.69, 9.17) is 9.68 Å². The Balaban J connectivity index is 1.73. The summed E-state index contributed by atoms with van der Waals surface area (Å²) in [5.41, 5.74) is 1.81. The zero-order valence-electron chi connectivity index (χ0n) is 11.1. The van der Waals surface area contributed by atoms with Crippen molar-refractivity contribution >= 4 is 39.9 Å². The summed E-state index contributed by atoms with van der Waals surface area (Å²) >= 11 is 2.81. The third-order valence-electron chi connectivity index (χ3n) is 2.74. The predicted molar refractivity (Wildman–Crippen MR) is 81.7 cm³/mol. The molecule has 7 nitrogen and oxygen atoms in total. The Bertz CT molecular complexity index is 881. The van der Waals surface area contributed by atoms with Crippen LogP contribution < -0.4 is 0 Å². The fourth-order valence-electron chi connectivity index (χ4n) is 1.77. The number of hydrogen-bond acceptors (Lipinski definition) is 8. The topological polar surface area (TPSA) is 106 Å². The smallest absolute Gasteiger partial charge is 0.271 e. The van der Waals surface area contributed by atoms with Gasteiger partial charge in [-0.25, -0.2) is 9.97 Å². The van der Waals surface area contributed by atoms with Gasteiger partial charge in [-0.1, -0.05) is 11.8 Å². The van der Waals surface area contributed by atoms with E-state index in [1.54, 1.807) is 6.07 Å². The molecule has 1 aromatic carbocycles. The summed E-state index contributed by atoms with van der Waals surface area (Å²) in [7, 11) is 0. The van der Waals surface area contributed by atoms with Gasteiger partial charge in [-0.2, -0.15) is 5.26 Å². The highest BCUT2D eigenvalue weighted by Gasteiger charge is 2.12. The van der Waals surface area contributed by atoms with Gasteiger partial charge in [-0.3, -0.25) is 10.1 Å². The first-order valence-electron chi connectivity index (χ1n) is 6.14. The van der Waals surface area contributed by atoms with Crippen LogP contribution in [0.4, 0.5) is 5.69 Å². The van der Waals surface area contributed by atoms with Crippen LogP contribution in [0.3, 0.4) is 0 Å². The summed E-state index contributed by atoms with van der Waals surface area (Å²) in [4.78, 5) is 18.8. The summed E-state index contributed by atoms with van der Waals surface area (Å²) in [6.45, 7) is 0. The van der Waals surface area contributed by atoms with E-state index in [0.717, 1.165) is 10.7 Å². The molecule has 0 N–H and O–H groups in total. The third-order valence-corrected chi connectivity index (χ3v) is 4.49. The van der Waals surface area contributed by atoms with Gasteiger partial charge in [0.2, 0.25) is 0 Å². The highest BCUT2D eigenvalue weighted by molar-refractivity contribution is 7.98. The average molecular weight is 332 g/mol. The molecule has 0 aliphatic heterocycles. The number of aromatic nitrogens is 2. The molecule has 0 amide bonds. The van der Waals surface area contributed by atoms with E-state index in [1.165, 1.54) is 35.2 Å². The van der Waals surface area contributed by atoms with Crippen LogP contribution >= 0.6 is 23.1 Å². The molecule has 0 spiro atoms. The molecule has 0 radical (unpaired) electrons. The SMILES string of the molecule is N#CCc1nc(CSc2nc3cc([N+](=O)[O-])ccc3o2)cs1. The van der Waals surface area contributed by atoms with Gasteiger partial charge in [0.15, 0.2) is 5.58 Å². The van der Waals surface area contributed by atoms with Crippen LogP contribution in [0.5, 0.6) is 0 Å². The molecule has 0 fully saturated rings. The minimum Gasteiger partial charge on any atom is -0.431 e. The van der Waals surface area contributed by atoms with Crippen LogP contribution in [-0.4, -0.2) is 14.9 Å². The number of nitrogens with zero attached hydrogens (tertiary/aromatic N) is 4. The predicted octanol–water partition coefficient (Wildman–Crippen LogP) is 3.55. The van der Waals surface area contributed by atoms with Gasteiger partial charge in [0.1, 0.15) is 10.5 Å². The first-order valence-corrected chi connectivity index (χ1v) is 8.00. The molecule has 0 aliphatic rings. The second kappa shape index (κ2) is 6.13. The summed E-state index contributed by atoms with van der Waals surface area (Å²) in [5.74, 6) is 0.566. The van der Waals surface area contributed by atoms with E-state index in [-0.39, 0.29) is 5.69 Å². The Labute approximate surface area is 132 Å². The summed E-state index contributed by atoms with van der Waals surface area (Å²) in [5, 5.41) is 22.5. The number of thioether (sulfide) groups is 1. The molecule has 3 aromatic rings. The number of benzene rings is 1. The van der Waals surface area contributed by atoms with Crippen molar-refractivity contribution in [2.75, 3.05) is 0 Å². The van der Waals surface area contributed by atoms with Crippen molar-refractivity contribution in [1.29, 1.82) is 5.26 Å². The lowest BCUT2D eigenvalue weighted by molar-refractivity contribution is -0.384. The van der Waals surface area contributed by atoms with Gasteiger partial charge in [0.05, 0.1) is 23.1 Å². The summed E-state index contributed by atoms with van der Waals surface area (Å²) in [6.07, 6.45) is 0.307. The molecule has 0 unspecified atom stereocenters. The van der Waals surface area contributed by atoms with Gasteiger partial charge >= 0.3 is 0 Å². The Hall–Kier alpha value is -2.44. The van der Waals surface area contributed by atoms with Gasteiger partial charge < -0.3 is 4.42 Å². The van der Waals surface area contributed by atoms with Crippen molar-refractivity contribution in [2.24, 2.45) is 0 Å². The standard InChI is InChI=1S/C13H8N4O3S2/c14-4-3-12-15-8(6-21-12)7-22-13-16-10-5-9(17(18)19)1-2-11(10)20-13/h1-2,5-6H,3,7H2. The normalized spacial score (nSPS) is 10.7. The molecule has 0 saturated carbocycles. The fourth-order valence-corrected chi connectivity index (χ4v) is 3.33. The van der Waals surface area contributed by atoms with Crippen LogP contribution in [0.25, 0.3) is 11.1 Å². The lowest BCUT2D eigenvalue weighted by Crippen LogP contribution is -1.86. The Morgan fingerprint density at radius 2 is 2.32 bits per heavy atom. The molecular formula is C13H8N4O3S2. The van der Waals surface area contributed by atoms with Crippen molar-refractivity contribution in [1.82, 2.24) is 9.97 Å². The van der Waals surface area contributed by atoms with E-state index in [1.807, 2.05) is 5.38 Å². The van der Waals surface area contributed by atoms with Crippen molar-refractivity contribution < 1.29 is 9.34 Å². The van der Waals surface area contributed by atoms with Gasteiger partial charge in [-0.05, 0) is 6.07 Å². The number of fused-ring (bicyclic) bond motifs is 1. The van der Waals surface area contributed by atoms with Gasteiger partial charge in [-0.15, -0.1) is 11.3 Å². The molecule has 22 heavy (non-hydrogen) atoms. The second-order valence-corrected chi connectivity index (χ2v) is 6.11. The Morgan fingerprint density at radius 3 is 3.09 bits per heavy atom. The number of nitro groups is 1. The number of nitro benzene ring substituents is 1. The largest absolute Gasteiger partial charge is 0.431 e. The third kappa shape index (κ3) is 3.08. The fraction of sp³-hybridized carbons (Fsp3) is 0.154. The van der Waals surface area contributed by atoms with Gasteiger partial charge in [0, 0.05) is 23.3 Å². The molecule has 3 rings (SSSR count). The highest BCUT2D eigenvalue weighted by Crippen LogP contribution is 2.28. The molecule has 110 valence electrons. The molecule has 9 heteroatoms. The first-order chi connectivity index (χ1) is 10.7. The van der Waals surface area contributed by atoms with Crippen LogP contribution in [0.2, 0.25) is 0 Å². The molecule has 0 bridgehead atoms. The number of hydrogen-bond donors (Lipinski definition) is 0. The van der Waals surface area contributed by atoms with Gasteiger partial charge in [0.25, 0.3) is 10.9 Å². The van der Waals surface area contributed by atoms with E-state index in [0.29, 0.717) is 28.5 Å². The van der Waals surface area contributed by atoms with Crippen LogP contribution in [0.15, 0.2) is 33.2 Å². The zero-order valence-corrected chi connectivity index (χ0v) is 12.7. The van der Waals surface area contributed by atoms with Crippen LogP contribution in [-0.2, 0) is 12.2 Å². The zero-order chi connectivity index (χ0) is 15.5. The lowest BCUT2D eigenvalue weighted by Gasteiger charge is -1.91. The molecule has 0 saturated heterocycles. The minimum atomic E-state index is -0.465. The van der Waals surface area contributed by atoms with Crippen LogP contribution in [0, 0.1) is 21.4 Å². The second-order valence-electron chi connectivity index (χ2n) is 4.25. The van der Waals surface area contributed by atoms with E-state index < -0.39 is 4.92 Å². The molecule has 0 aliphatic carbocycles. The van der Waals surface area contributed by atoms with Crippen molar-refractivity contribution in [3.63, 3.8) is 0 Å². The summed E-state index contributed by atoms with van der Waals surface area (Å²) in [6, 6.07) is 6.37. The summed E-state index contributed by atoms with van der Waals surface area (Å²) < 4.78 is 5.53. The number of oxazole rings is 1. The Morgan fingerprint density at radius 1 is 1.45 bits per heavy atom. The quantitative estimate of drug-likeness (QED) is 0.399. The number of rotatable bonds is 5. The average Bonchev–Trinajstić information content (AvgIpc) is 3.10. The molecular weight excluding hydrogens is 324 g/mol. The van der Waals surface area contributed by atoms with Crippen molar-refractivity contribution in [2.45, 2.75) is 17.4 Å². The van der Waals surface area contributed by atoms with E-state index >= 15 is 0 Å². The van der Waals surface area contributed by atoms with Crippen molar-refractivity contribution in [3.05, 3.63) is 44.4 Å². The molecule has 2 heterocycles.